The van der Waals surface area contributed by atoms with Crippen molar-refractivity contribution in [1.82, 2.24) is 10.3 Å². The second kappa shape index (κ2) is 7.76. The largest absolute Gasteiger partial charge is 0.455 e. The number of methoxy groups -OCH3 is 1. The molecule has 0 amide bonds. The van der Waals surface area contributed by atoms with Gasteiger partial charge in [0, 0.05) is 26.4 Å². The first kappa shape index (κ1) is 15.5. The van der Waals surface area contributed by atoms with Crippen LogP contribution in [0.15, 0.2) is 36.5 Å². The number of hydrogen-bond donors (Lipinski definition) is 1. The fourth-order valence-corrected chi connectivity index (χ4v) is 2.03. The summed E-state index contributed by atoms with van der Waals surface area (Å²) >= 11 is 0. The first-order chi connectivity index (χ1) is 10.2. The molecule has 112 valence electrons. The van der Waals surface area contributed by atoms with E-state index in [2.05, 4.69) is 29.4 Å². The summed E-state index contributed by atoms with van der Waals surface area (Å²) in [4.78, 5) is 4.23. The van der Waals surface area contributed by atoms with Gasteiger partial charge in [0.15, 0.2) is 0 Å². The molecule has 0 unspecified atom stereocenters. The van der Waals surface area contributed by atoms with E-state index in [1.54, 1.807) is 13.3 Å². The van der Waals surface area contributed by atoms with Gasteiger partial charge in [-0.15, -0.1) is 0 Å². The van der Waals surface area contributed by atoms with Crippen LogP contribution in [0.4, 0.5) is 0 Å². The summed E-state index contributed by atoms with van der Waals surface area (Å²) in [5.41, 5.74) is 3.36. The van der Waals surface area contributed by atoms with Crippen molar-refractivity contribution in [2.45, 2.75) is 20.4 Å². The van der Waals surface area contributed by atoms with E-state index >= 15 is 0 Å². The molecule has 0 aliphatic heterocycles. The zero-order chi connectivity index (χ0) is 15.1. The Morgan fingerprint density at radius 3 is 2.76 bits per heavy atom. The van der Waals surface area contributed by atoms with Crippen LogP contribution in [0.3, 0.4) is 0 Å². The van der Waals surface area contributed by atoms with Gasteiger partial charge in [-0.25, -0.2) is 0 Å². The lowest BCUT2D eigenvalue weighted by Crippen LogP contribution is -2.19. The van der Waals surface area contributed by atoms with Crippen LogP contribution in [0.5, 0.6) is 11.5 Å². The van der Waals surface area contributed by atoms with E-state index in [1.165, 1.54) is 11.1 Å². The van der Waals surface area contributed by atoms with E-state index in [0.717, 1.165) is 36.9 Å². The molecule has 4 nitrogen and oxygen atoms in total. The van der Waals surface area contributed by atoms with Crippen LogP contribution >= 0.6 is 0 Å². The Bertz CT molecular complexity index is 585. The average molecular weight is 286 g/mol. The summed E-state index contributed by atoms with van der Waals surface area (Å²) in [5, 5.41) is 3.35. The first-order valence-corrected chi connectivity index (χ1v) is 7.09. The number of hydrogen-bond acceptors (Lipinski definition) is 4. The van der Waals surface area contributed by atoms with Crippen molar-refractivity contribution in [1.29, 1.82) is 0 Å². The molecular formula is C17H22N2O2. The number of pyridine rings is 1. The highest BCUT2D eigenvalue weighted by Gasteiger charge is 2.04. The minimum absolute atomic E-state index is 0.723. The van der Waals surface area contributed by atoms with Gasteiger partial charge in [0.05, 0.1) is 12.3 Å². The van der Waals surface area contributed by atoms with Crippen LogP contribution in [0, 0.1) is 13.8 Å². The number of ether oxygens (including phenoxy) is 2. The maximum Gasteiger partial charge on any atom is 0.148 e. The van der Waals surface area contributed by atoms with Crippen LogP contribution in [-0.4, -0.2) is 25.2 Å². The van der Waals surface area contributed by atoms with Crippen LogP contribution in [0.25, 0.3) is 0 Å². The number of aryl methyl sites for hydroxylation is 2. The van der Waals surface area contributed by atoms with E-state index in [1.807, 2.05) is 25.1 Å². The van der Waals surface area contributed by atoms with Gasteiger partial charge in [-0.1, -0.05) is 6.07 Å². The molecule has 0 aliphatic carbocycles. The molecule has 0 fully saturated rings. The Balaban J connectivity index is 2.00. The van der Waals surface area contributed by atoms with Crippen LogP contribution in [0.2, 0.25) is 0 Å². The summed E-state index contributed by atoms with van der Waals surface area (Å²) in [6, 6.07) is 9.95. The van der Waals surface area contributed by atoms with Crippen molar-refractivity contribution in [3.05, 3.63) is 53.3 Å². The molecule has 1 aromatic carbocycles. The lowest BCUT2D eigenvalue weighted by Gasteiger charge is -2.11. The fraction of sp³-hybridized carbons (Fsp3) is 0.353. The minimum Gasteiger partial charge on any atom is -0.455 e. The molecular weight excluding hydrogens is 264 g/mol. The van der Waals surface area contributed by atoms with Gasteiger partial charge in [0.2, 0.25) is 0 Å². The van der Waals surface area contributed by atoms with Crippen molar-refractivity contribution in [3.63, 3.8) is 0 Å². The van der Waals surface area contributed by atoms with Crippen molar-refractivity contribution in [2.75, 3.05) is 20.3 Å². The van der Waals surface area contributed by atoms with Crippen molar-refractivity contribution >= 4 is 0 Å². The Morgan fingerprint density at radius 1 is 1.19 bits per heavy atom. The third-order valence-corrected chi connectivity index (χ3v) is 3.30. The van der Waals surface area contributed by atoms with Gasteiger partial charge in [-0.05, 0) is 49.2 Å². The lowest BCUT2D eigenvalue weighted by atomic mass is 10.1. The van der Waals surface area contributed by atoms with E-state index in [4.69, 9.17) is 9.47 Å². The van der Waals surface area contributed by atoms with Crippen molar-refractivity contribution < 1.29 is 9.47 Å². The topological polar surface area (TPSA) is 43.4 Å². The van der Waals surface area contributed by atoms with Crippen molar-refractivity contribution in [2.24, 2.45) is 0 Å². The molecule has 2 aromatic rings. The molecule has 0 spiro atoms. The Kier molecular flexibility index (Phi) is 5.72. The average Bonchev–Trinajstić information content (AvgIpc) is 2.48. The molecule has 0 radical (unpaired) electrons. The fourth-order valence-electron chi connectivity index (χ4n) is 2.03. The summed E-state index contributed by atoms with van der Waals surface area (Å²) in [7, 11) is 1.71. The highest BCUT2D eigenvalue weighted by atomic mass is 16.5. The Morgan fingerprint density at radius 2 is 2.05 bits per heavy atom. The standard InChI is InChI=1S/C17H22N2O2/c1-13-11-16(21-17-5-4-8-19-14(17)2)7-6-15(13)12-18-9-10-20-3/h4-8,11,18H,9-10,12H2,1-3H3. The number of nitrogens with one attached hydrogen (secondary N) is 1. The van der Waals surface area contributed by atoms with E-state index in [0.29, 0.717) is 0 Å². The van der Waals surface area contributed by atoms with Gasteiger partial charge >= 0.3 is 0 Å². The Hall–Kier alpha value is -1.91. The highest BCUT2D eigenvalue weighted by molar-refractivity contribution is 5.38. The molecule has 0 saturated heterocycles. The van der Waals surface area contributed by atoms with E-state index in [9.17, 15) is 0 Å². The molecule has 0 saturated carbocycles. The molecule has 1 heterocycles. The number of benzene rings is 1. The molecule has 0 bridgehead atoms. The number of nitrogens with zero attached hydrogens (tertiary/aromatic N) is 1. The molecule has 1 N–H and O–H groups in total. The highest BCUT2D eigenvalue weighted by Crippen LogP contribution is 2.25. The van der Waals surface area contributed by atoms with Crippen molar-refractivity contribution in [3.8, 4) is 11.5 Å². The molecule has 2 rings (SSSR count). The third kappa shape index (κ3) is 4.55. The molecule has 1 aromatic heterocycles. The monoisotopic (exact) mass is 286 g/mol. The Labute approximate surface area is 126 Å². The lowest BCUT2D eigenvalue weighted by molar-refractivity contribution is 0.199. The van der Waals surface area contributed by atoms with E-state index < -0.39 is 0 Å². The molecule has 21 heavy (non-hydrogen) atoms. The summed E-state index contributed by atoms with van der Waals surface area (Å²) < 4.78 is 10.9. The van der Waals surface area contributed by atoms with Gasteiger partial charge < -0.3 is 14.8 Å². The molecule has 0 aliphatic rings. The predicted molar refractivity (Wildman–Crippen MR) is 83.8 cm³/mol. The molecule has 4 heteroatoms. The second-order valence-electron chi connectivity index (χ2n) is 4.95. The van der Waals surface area contributed by atoms with Gasteiger partial charge in [-0.2, -0.15) is 0 Å². The van der Waals surface area contributed by atoms with Gasteiger partial charge in [0.1, 0.15) is 11.5 Å². The second-order valence-corrected chi connectivity index (χ2v) is 4.95. The zero-order valence-electron chi connectivity index (χ0n) is 12.8. The number of rotatable bonds is 7. The zero-order valence-corrected chi connectivity index (χ0v) is 12.8. The minimum atomic E-state index is 0.723. The maximum atomic E-state index is 5.89. The van der Waals surface area contributed by atoms with Crippen LogP contribution < -0.4 is 10.1 Å². The quantitative estimate of drug-likeness (QED) is 0.794. The predicted octanol–water partition coefficient (Wildman–Crippen LogP) is 3.23. The SMILES string of the molecule is COCCNCc1ccc(Oc2cccnc2C)cc1C. The summed E-state index contributed by atoms with van der Waals surface area (Å²) in [6.45, 7) is 6.44. The summed E-state index contributed by atoms with van der Waals surface area (Å²) in [5.74, 6) is 1.63. The van der Waals surface area contributed by atoms with Crippen LogP contribution in [-0.2, 0) is 11.3 Å². The molecule has 0 atom stereocenters. The van der Waals surface area contributed by atoms with Crippen LogP contribution in [0.1, 0.15) is 16.8 Å². The third-order valence-electron chi connectivity index (χ3n) is 3.30. The summed E-state index contributed by atoms with van der Waals surface area (Å²) in [6.07, 6.45) is 1.77. The normalized spacial score (nSPS) is 10.6. The number of aromatic nitrogens is 1. The first-order valence-electron chi connectivity index (χ1n) is 7.09. The maximum absolute atomic E-state index is 5.89. The smallest absolute Gasteiger partial charge is 0.148 e. The van der Waals surface area contributed by atoms with E-state index in [-0.39, 0.29) is 0 Å². The van der Waals surface area contributed by atoms with Gasteiger partial charge in [-0.3, -0.25) is 4.98 Å². The van der Waals surface area contributed by atoms with Gasteiger partial charge in [0.25, 0.3) is 0 Å².